The third-order valence-electron chi connectivity index (χ3n) is 2.80. The van der Waals surface area contributed by atoms with Gasteiger partial charge in [0.05, 0.1) is 6.54 Å². The monoisotopic (exact) mass is 250 g/mol. The lowest BCUT2D eigenvalue weighted by Crippen LogP contribution is -2.31. The maximum atomic E-state index is 11.6. The highest BCUT2D eigenvalue weighted by molar-refractivity contribution is 5.75. The molecule has 0 fully saturated rings. The molecule has 0 heterocycles. The van der Waals surface area contributed by atoms with Crippen molar-refractivity contribution in [2.75, 3.05) is 26.7 Å². The highest BCUT2D eigenvalue weighted by Crippen LogP contribution is 2.15. The third kappa shape index (κ3) is 4.75. The Labute approximate surface area is 109 Å². The fraction of sp³-hybridized carbons (Fsp3) is 0.500. The average Bonchev–Trinajstić information content (AvgIpc) is 2.38. The van der Waals surface area contributed by atoms with E-state index in [0.29, 0.717) is 26.1 Å². The summed E-state index contributed by atoms with van der Waals surface area (Å²) in [5.41, 5.74) is 6.48. The first kappa shape index (κ1) is 14.5. The number of benzene rings is 1. The lowest BCUT2D eigenvalue weighted by molar-refractivity contribution is -0.130. The van der Waals surface area contributed by atoms with Crippen molar-refractivity contribution in [2.45, 2.75) is 19.8 Å². The molecule has 0 unspecified atom stereocenters. The van der Waals surface area contributed by atoms with Crippen LogP contribution < -0.4 is 10.5 Å². The SMILES string of the molecule is Cc1ccccc1OCCN(C)C(=O)CCCN. The van der Waals surface area contributed by atoms with E-state index in [2.05, 4.69) is 0 Å². The number of carbonyl (C=O) groups is 1. The van der Waals surface area contributed by atoms with Gasteiger partial charge in [0, 0.05) is 13.5 Å². The summed E-state index contributed by atoms with van der Waals surface area (Å²) in [6.07, 6.45) is 1.25. The number of aryl methyl sites for hydroxylation is 1. The molecule has 0 saturated carbocycles. The number of nitrogens with zero attached hydrogens (tertiary/aromatic N) is 1. The van der Waals surface area contributed by atoms with Crippen LogP contribution in [0.15, 0.2) is 24.3 Å². The van der Waals surface area contributed by atoms with Gasteiger partial charge in [-0.15, -0.1) is 0 Å². The fourth-order valence-corrected chi connectivity index (χ4v) is 1.58. The van der Waals surface area contributed by atoms with Crippen molar-refractivity contribution in [3.8, 4) is 5.75 Å². The number of ether oxygens (including phenoxy) is 1. The Morgan fingerprint density at radius 3 is 2.78 bits per heavy atom. The molecule has 1 rings (SSSR count). The standard InChI is InChI=1S/C14H22N2O2/c1-12-6-3-4-7-13(12)18-11-10-16(2)14(17)8-5-9-15/h3-4,6-7H,5,8-11,15H2,1-2H3. The van der Waals surface area contributed by atoms with Crippen molar-refractivity contribution >= 4 is 5.91 Å². The van der Waals surface area contributed by atoms with E-state index in [9.17, 15) is 4.79 Å². The van der Waals surface area contributed by atoms with Gasteiger partial charge < -0.3 is 15.4 Å². The van der Waals surface area contributed by atoms with Gasteiger partial charge in [0.15, 0.2) is 0 Å². The first-order chi connectivity index (χ1) is 8.65. The zero-order chi connectivity index (χ0) is 13.4. The summed E-state index contributed by atoms with van der Waals surface area (Å²) < 4.78 is 5.64. The molecule has 18 heavy (non-hydrogen) atoms. The number of hydrogen-bond acceptors (Lipinski definition) is 3. The number of hydrogen-bond donors (Lipinski definition) is 1. The van der Waals surface area contributed by atoms with E-state index in [1.54, 1.807) is 11.9 Å². The molecule has 0 spiro atoms. The first-order valence-corrected chi connectivity index (χ1v) is 6.27. The summed E-state index contributed by atoms with van der Waals surface area (Å²) >= 11 is 0. The van der Waals surface area contributed by atoms with Crippen LogP contribution in [0.4, 0.5) is 0 Å². The van der Waals surface area contributed by atoms with Crippen molar-refractivity contribution in [1.82, 2.24) is 4.90 Å². The maximum Gasteiger partial charge on any atom is 0.222 e. The van der Waals surface area contributed by atoms with Crippen molar-refractivity contribution < 1.29 is 9.53 Å². The minimum Gasteiger partial charge on any atom is -0.491 e. The molecule has 4 nitrogen and oxygen atoms in total. The van der Waals surface area contributed by atoms with Gasteiger partial charge in [-0.3, -0.25) is 4.79 Å². The van der Waals surface area contributed by atoms with Crippen LogP contribution in [0.2, 0.25) is 0 Å². The fourth-order valence-electron chi connectivity index (χ4n) is 1.58. The summed E-state index contributed by atoms with van der Waals surface area (Å²) in [5.74, 6) is 0.995. The number of rotatable bonds is 7. The number of amides is 1. The molecule has 0 bridgehead atoms. The van der Waals surface area contributed by atoms with E-state index >= 15 is 0 Å². The predicted molar refractivity (Wildman–Crippen MR) is 72.6 cm³/mol. The van der Waals surface area contributed by atoms with E-state index < -0.39 is 0 Å². The molecular formula is C14H22N2O2. The van der Waals surface area contributed by atoms with E-state index in [4.69, 9.17) is 10.5 Å². The van der Waals surface area contributed by atoms with Crippen LogP contribution in [-0.4, -0.2) is 37.6 Å². The largest absolute Gasteiger partial charge is 0.491 e. The summed E-state index contributed by atoms with van der Waals surface area (Å²) in [6, 6.07) is 7.86. The zero-order valence-electron chi connectivity index (χ0n) is 11.2. The van der Waals surface area contributed by atoms with Crippen LogP contribution in [0, 0.1) is 6.92 Å². The third-order valence-corrected chi connectivity index (χ3v) is 2.80. The van der Waals surface area contributed by atoms with Crippen LogP contribution in [0.5, 0.6) is 5.75 Å². The van der Waals surface area contributed by atoms with E-state index in [0.717, 1.165) is 17.7 Å². The number of para-hydroxylation sites is 1. The molecule has 100 valence electrons. The van der Waals surface area contributed by atoms with Gasteiger partial charge in [0.1, 0.15) is 12.4 Å². The average molecular weight is 250 g/mol. The quantitative estimate of drug-likeness (QED) is 0.799. The second-order valence-electron chi connectivity index (χ2n) is 4.32. The van der Waals surface area contributed by atoms with Gasteiger partial charge in [-0.25, -0.2) is 0 Å². The lowest BCUT2D eigenvalue weighted by Gasteiger charge is -2.17. The molecule has 0 atom stereocenters. The Kier molecular flexibility index (Phi) is 6.22. The second-order valence-corrected chi connectivity index (χ2v) is 4.32. The molecule has 0 aliphatic heterocycles. The Morgan fingerprint density at radius 2 is 2.11 bits per heavy atom. The van der Waals surface area contributed by atoms with Crippen LogP contribution in [0.3, 0.4) is 0 Å². The molecule has 0 aliphatic rings. The van der Waals surface area contributed by atoms with Gasteiger partial charge >= 0.3 is 0 Å². The minimum absolute atomic E-state index is 0.119. The zero-order valence-corrected chi connectivity index (χ0v) is 11.2. The molecule has 1 aromatic carbocycles. The molecule has 2 N–H and O–H groups in total. The molecular weight excluding hydrogens is 228 g/mol. The predicted octanol–water partition coefficient (Wildman–Crippen LogP) is 1.57. The van der Waals surface area contributed by atoms with Crippen LogP contribution in [-0.2, 0) is 4.79 Å². The van der Waals surface area contributed by atoms with E-state index in [1.807, 2.05) is 31.2 Å². The first-order valence-electron chi connectivity index (χ1n) is 6.27. The number of nitrogens with two attached hydrogens (primary N) is 1. The summed E-state index contributed by atoms with van der Waals surface area (Å²) in [4.78, 5) is 13.3. The van der Waals surface area contributed by atoms with Crippen molar-refractivity contribution in [2.24, 2.45) is 5.73 Å². The Hall–Kier alpha value is -1.55. The van der Waals surface area contributed by atoms with Crippen molar-refractivity contribution in [3.63, 3.8) is 0 Å². The van der Waals surface area contributed by atoms with Crippen LogP contribution >= 0.6 is 0 Å². The normalized spacial score (nSPS) is 10.2. The molecule has 0 radical (unpaired) electrons. The molecule has 0 aromatic heterocycles. The van der Waals surface area contributed by atoms with Gasteiger partial charge in [-0.2, -0.15) is 0 Å². The molecule has 1 amide bonds. The van der Waals surface area contributed by atoms with Crippen molar-refractivity contribution in [1.29, 1.82) is 0 Å². The van der Waals surface area contributed by atoms with Gasteiger partial charge in [-0.05, 0) is 31.5 Å². The summed E-state index contributed by atoms with van der Waals surface area (Å²) in [6.45, 7) is 3.66. The summed E-state index contributed by atoms with van der Waals surface area (Å²) in [7, 11) is 1.79. The highest BCUT2D eigenvalue weighted by Gasteiger charge is 2.07. The second kappa shape index (κ2) is 7.71. The van der Waals surface area contributed by atoms with E-state index in [1.165, 1.54) is 0 Å². The Morgan fingerprint density at radius 1 is 1.39 bits per heavy atom. The smallest absolute Gasteiger partial charge is 0.222 e. The number of carbonyl (C=O) groups excluding carboxylic acids is 1. The van der Waals surface area contributed by atoms with Gasteiger partial charge in [0.25, 0.3) is 0 Å². The van der Waals surface area contributed by atoms with Gasteiger partial charge in [-0.1, -0.05) is 18.2 Å². The lowest BCUT2D eigenvalue weighted by atomic mass is 10.2. The van der Waals surface area contributed by atoms with Crippen LogP contribution in [0.25, 0.3) is 0 Å². The molecule has 0 saturated heterocycles. The van der Waals surface area contributed by atoms with Gasteiger partial charge in [0.2, 0.25) is 5.91 Å². The highest BCUT2D eigenvalue weighted by atomic mass is 16.5. The van der Waals surface area contributed by atoms with E-state index in [-0.39, 0.29) is 5.91 Å². The maximum absolute atomic E-state index is 11.6. The van der Waals surface area contributed by atoms with Crippen LogP contribution in [0.1, 0.15) is 18.4 Å². The Balaban J connectivity index is 2.29. The topological polar surface area (TPSA) is 55.6 Å². The number of likely N-dealkylation sites (N-methyl/N-ethyl adjacent to an activating group) is 1. The molecule has 4 heteroatoms. The van der Waals surface area contributed by atoms with Crippen molar-refractivity contribution in [3.05, 3.63) is 29.8 Å². The Bertz CT molecular complexity index is 380. The minimum atomic E-state index is 0.119. The molecule has 0 aliphatic carbocycles. The molecule has 1 aromatic rings. The summed E-state index contributed by atoms with van der Waals surface area (Å²) in [5, 5.41) is 0.